The van der Waals surface area contributed by atoms with Gasteiger partial charge in [-0.3, -0.25) is 9.78 Å². The molecule has 0 unspecified atom stereocenters. The summed E-state index contributed by atoms with van der Waals surface area (Å²) in [6, 6.07) is 10.2. The second kappa shape index (κ2) is 6.41. The van der Waals surface area contributed by atoms with Crippen molar-refractivity contribution in [2.45, 2.75) is 25.5 Å². The lowest BCUT2D eigenvalue weighted by atomic mass is 9.96. The minimum atomic E-state index is -1.50. The van der Waals surface area contributed by atoms with Crippen molar-refractivity contribution in [3.8, 4) is 5.75 Å². The fourth-order valence-corrected chi connectivity index (χ4v) is 2.73. The molecule has 0 bridgehead atoms. The van der Waals surface area contributed by atoms with Crippen LogP contribution in [0.3, 0.4) is 0 Å². The lowest BCUT2D eigenvalue weighted by molar-refractivity contribution is -0.0765. The summed E-state index contributed by atoms with van der Waals surface area (Å²) in [6.07, 6.45) is 4.03. The molecule has 2 heterocycles. The number of pyridine rings is 1. The van der Waals surface area contributed by atoms with Gasteiger partial charge in [0, 0.05) is 35.7 Å². The van der Waals surface area contributed by atoms with Crippen LogP contribution in [0.4, 0.5) is 0 Å². The monoisotopic (exact) mass is 325 g/mol. The van der Waals surface area contributed by atoms with Crippen LogP contribution in [0.5, 0.6) is 5.75 Å². The number of aromatic nitrogens is 1. The highest BCUT2D eigenvalue weighted by Gasteiger charge is 2.45. The summed E-state index contributed by atoms with van der Waals surface area (Å²) in [5, 5.41) is 16.8. The van der Waals surface area contributed by atoms with E-state index in [1.54, 1.807) is 55.9 Å². The zero-order valence-electron chi connectivity index (χ0n) is 13.6. The summed E-state index contributed by atoms with van der Waals surface area (Å²) in [5.74, 6) is 0.322. The first-order valence-corrected chi connectivity index (χ1v) is 7.76. The van der Waals surface area contributed by atoms with Crippen molar-refractivity contribution in [3.05, 3.63) is 59.9 Å². The van der Waals surface area contributed by atoms with Gasteiger partial charge in [0.1, 0.15) is 5.75 Å². The number of carbonyl (C=O) groups excluding carboxylic acids is 1. The van der Waals surface area contributed by atoms with Crippen LogP contribution >= 0.6 is 0 Å². The minimum Gasteiger partial charge on any atom is -0.497 e. The van der Waals surface area contributed by atoms with E-state index in [1.807, 2.05) is 6.92 Å². The molecule has 6 heteroatoms. The van der Waals surface area contributed by atoms with E-state index in [1.165, 1.54) is 5.01 Å². The molecule has 1 atom stereocenters. The average molecular weight is 325 g/mol. The third-order valence-corrected chi connectivity index (χ3v) is 4.12. The Balaban J connectivity index is 2.00. The number of hydrogen-bond acceptors (Lipinski definition) is 5. The number of methoxy groups -OCH3 is 1. The van der Waals surface area contributed by atoms with Crippen molar-refractivity contribution in [2.75, 3.05) is 7.11 Å². The quantitative estimate of drug-likeness (QED) is 0.937. The van der Waals surface area contributed by atoms with E-state index < -0.39 is 5.72 Å². The van der Waals surface area contributed by atoms with Gasteiger partial charge in [0.25, 0.3) is 5.91 Å². The number of ether oxygens (including phenoxy) is 1. The Morgan fingerprint density at radius 2 is 1.92 bits per heavy atom. The molecule has 1 N–H and O–H groups in total. The minimum absolute atomic E-state index is 0.284. The van der Waals surface area contributed by atoms with Gasteiger partial charge in [-0.05, 0) is 30.7 Å². The molecule has 0 saturated heterocycles. The first-order chi connectivity index (χ1) is 11.6. The highest BCUT2D eigenvalue weighted by Crippen LogP contribution is 2.37. The maximum Gasteiger partial charge on any atom is 0.277 e. The topological polar surface area (TPSA) is 75.0 Å². The highest BCUT2D eigenvalue weighted by molar-refractivity contribution is 5.98. The maximum atomic E-state index is 12.8. The molecule has 0 saturated carbocycles. The Morgan fingerprint density at radius 3 is 2.50 bits per heavy atom. The Morgan fingerprint density at radius 1 is 1.25 bits per heavy atom. The third kappa shape index (κ3) is 2.76. The summed E-state index contributed by atoms with van der Waals surface area (Å²) in [5.41, 5.74) is 0.296. The predicted molar refractivity (Wildman–Crippen MR) is 89.6 cm³/mol. The van der Waals surface area contributed by atoms with Crippen molar-refractivity contribution >= 4 is 11.6 Å². The molecule has 6 nitrogen and oxygen atoms in total. The molecule has 0 aliphatic carbocycles. The standard InChI is InChI=1S/C18H19N3O3/c1-3-15-12-18(23,14-4-6-16(24-2)7-5-14)21(20-15)17(22)13-8-10-19-11-9-13/h4-11,23H,3,12H2,1-2H3/t18-/m0/s1. The summed E-state index contributed by atoms with van der Waals surface area (Å²) >= 11 is 0. The summed E-state index contributed by atoms with van der Waals surface area (Å²) in [6.45, 7) is 1.95. The van der Waals surface area contributed by atoms with Gasteiger partial charge in [0.05, 0.1) is 7.11 Å². The lowest BCUT2D eigenvalue weighted by Crippen LogP contribution is -2.43. The average Bonchev–Trinajstić information content (AvgIpc) is 3.00. The number of hydrazone groups is 1. The molecular weight excluding hydrogens is 306 g/mol. The van der Waals surface area contributed by atoms with Crippen LogP contribution in [0.1, 0.15) is 35.7 Å². The van der Waals surface area contributed by atoms with Crippen LogP contribution in [0.15, 0.2) is 53.9 Å². The first-order valence-electron chi connectivity index (χ1n) is 7.76. The van der Waals surface area contributed by atoms with Crippen molar-refractivity contribution in [2.24, 2.45) is 5.10 Å². The molecule has 1 amide bonds. The largest absolute Gasteiger partial charge is 0.497 e. The van der Waals surface area contributed by atoms with E-state index in [0.717, 1.165) is 5.71 Å². The van der Waals surface area contributed by atoms with E-state index in [9.17, 15) is 9.90 Å². The Bertz CT molecular complexity index is 759. The molecule has 1 aromatic heterocycles. The van der Waals surface area contributed by atoms with E-state index in [2.05, 4.69) is 10.1 Å². The molecular formula is C18H19N3O3. The second-order valence-corrected chi connectivity index (χ2v) is 5.59. The fraction of sp³-hybridized carbons (Fsp3) is 0.278. The molecule has 0 spiro atoms. The SMILES string of the molecule is CCC1=NN(C(=O)c2ccncc2)[C@@](O)(c2ccc(OC)cc2)C1. The lowest BCUT2D eigenvalue weighted by Gasteiger charge is -2.31. The van der Waals surface area contributed by atoms with Crippen molar-refractivity contribution in [3.63, 3.8) is 0 Å². The zero-order valence-corrected chi connectivity index (χ0v) is 13.6. The second-order valence-electron chi connectivity index (χ2n) is 5.59. The number of nitrogens with zero attached hydrogens (tertiary/aromatic N) is 3. The van der Waals surface area contributed by atoms with Gasteiger partial charge in [-0.15, -0.1) is 0 Å². The van der Waals surface area contributed by atoms with Gasteiger partial charge in [0.15, 0.2) is 5.72 Å². The maximum absolute atomic E-state index is 12.8. The van der Waals surface area contributed by atoms with Crippen molar-refractivity contribution in [1.82, 2.24) is 9.99 Å². The molecule has 1 aliphatic heterocycles. The third-order valence-electron chi connectivity index (χ3n) is 4.12. The van der Waals surface area contributed by atoms with Gasteiger partial charge in [-0.1, -0.05) is 19.1 Å². The molecule has 124 valence electrons. The van der Waals surface area contributed by atoms with Crippen LogP contribution in [0.2, 0.25) is 0 Å². The smallest absolute Gasteiger partial charge is 0.277 e. The molecule has 1 aliphatic rings. The molecule has 24 heavy (non-hydrogen) atoms. The van der Waals surface area contributed by atoms with Gasteiger partial charge < -0.3 is 9.84 Å². The first kappa shape index (κ1) is 16.1. The Kier molecular flexibility index (Phi) is 4.31. The van der Waals surface area contributed by atoms with Crippen LogP contribution in [-0.2, 0) is 5.72 Å². The van der Waals surface area contributed by atoms with Crippen LogP contribution in [0.25, 0.3) is 0 Å². The molecule has 0 radical (unpaired) electrons. The van der Waals surface area contributed by atoms with Gasteiger partial charge >= 0.3 is 0 Å². The van der Waals surface area contributed by atoms with E-state index in [-0.39, 0.29) is 12.3 Å². The zero-order chi connectivity index (χ0) is 17.2. The molecule has 0 fully saturated rings. The number of hydrogen-bond donors (Lipinski definition) is 1. The highest BCUT2D eigenvalue weighted by atomic mass is 16.5. The Labute approximate surface area is 140 Å². The molecule has 3 rings (SSSR count). The van der Waals surface area contributed by atoms with E-state index >= 15 is 0 Å². The van der Waals surface area contributed by atoms with Gasteiger partial charge in [-0.25, -0.2) is 0 Å². The van der Waals surface area contributed by atoms with Crippen molar-refractivity contribution < 1.29 is 14.6 Å². The number of rotatable bonds is 4. The Hall–Kier alpha value is -2.73. The van der Waals surface area contributed by atoms with Crippen LogP contribution in [-0.4, -0.2) is 33.8 Å². The van der Waals surface area contributed by atoms with Crippen LogP contribution in [0, 0.1) is 0 Å². The predicted octanol–water partition coefficient (Wildman–Crippen LogP) is 2.55. The normalized spacial score (nSPS) is 20.0. The number of benzene rings is 1. The van der Waals surface area contributed by atoms with E-state index in [0.29, 0.717) is 23.3 Å². The number of amides is 1. The fourth-order valence-electron chi connectivity index (χ4n) is 2.73. The van der Waals surface area contributed by atoms with Crippen LogP contribution < -0.4 is 4.74 Å². The number of aliphatic hydroxyl groups is 1. The molecule has 2 aromatic rings. The van der Waals surface area contributed by atoms with Crippen molar-refractivity contribution in [1.29, 1.82) is 0 Å². The number of carbonyl (C=O) groups is 1. The molecule has 1 aromatic carbocycles. The van der Waals surface area contributed by atoms with Gasteiger partial charge in [0.2, 0.25) is 0 Å². The summed E-state index contributed by atoms with van der Waals surface area (Å²) in [4.78, 5) is 16.7. The van der Waals surface area contributed by atoms with Gasteiger partial charge in [-0.2, -0.15) is 10.1 Å². The summed E-state index contributed by atoms with van der Waals surface area (Å²) in [7, 11) is 1.58. The summed E-state index contributed by atoms with van der Waals surface area (Å²) < 4.78 is 5.15. The van der Waals surface area contributed by atoms with E-state index in [4.69, 9.17) is 4.74 Å².